The number of carbonyl (C=O) groups is 6. The molecule has 3 aliphatic rings. The van der Waals surface area contributed by atoms with Gasteiger partial charge in [0.15, 0.2) is 17.3 Å². The number of fused-ring (bicyclic) bond motifs is 11. The van der Waals surface area contributed by atoms with E-state index in [1.165, 1.54) is 131 Å². The van der Waals surface area contributed by atoms with Gasteiger partial charge < -0.3 is 29.7 Å². The molecule has 2 aromatic heterocycles. The second-order valence-electron chi connectivity index (χ2n) is 27.8. The average molecular weight is 1610 g/mol. The number of rotatable bonds is 24. The minimum Gasteiger partial charge on any atom is -0.542 e. The van der Waals surface area contributed by atoms with E-state index in [1.54, 1.807) is 0 Å². The summed E-state index contributed by atoms with van der Waals surface area (Å²) in [6.07, 6.45) is 16.5. The molecule has 12 aromatic rings. The summed E-state index contributed by atoms with van der Waals surface area (Å²) in [6, 6.07) is 84.5. The molecule has 11 nitrogen and oxygen atoms in total. The number of pyridine rings is 2. The fraction of sp³-hybridized carbons (Fsp3) is 0.250. The molecule has 0 spiro atoms. The third-order valence-corrected chi connectivity index (χ3v) is 20.9. The number of hydrogen-bond donors (Lipinski definition) is 0. The molecule has 0 saturated heterocycles. The smallest absolute Gasteiger partial charge is 0.542 e. The van der Waals surface area contributed by atoms with Gasteiger partial charge in [0.25, 0.3) is 0 Å². The van der Waals surface area contributed by atoms with Crippen molar-refractivity contribution in [3.05, 3.63) is 310 Å². The van der Waals surface area contributed by atoms with Crippen LogP contribution in [0.15, 0.2) is 249 Å². The van der Waals surface area contributed by atoms with E-state index in [2.05, 4.69) is 159 Å². The maximum Gasteiger partial charge on any atom is 3.00 e. The van der Waals surface area contributed by atoms with Gasteiger partial charge in [0.05, 0.1) is 22.4 Å². The van der Waals surface area contributed by atoms with Gasteiger partial charge in [0, 0.05) is 39.7 Å². The summed E-state index contributed by atoms with van der Waals surface area (Å²) in [7, 11) is 0. The van der Waals surface area contributed by atoms with Crippen LogP contribution in [0.25, 0.3) is 77.7 Å². The van der Waals surface area contributed by atoms with Gasteiger partial charge in [-0.3, -0.25) is 14.4 Å². The summed E-state index contributed by atoms with van der Waals surface area (Å²) in [5.74, 6) is -9.18. The van der Waals surface area contributed by atoms with Gasteiger partial charge in [-0.1, -0.05) is 298 Å². The number of carboxylic acid groups (broad SMARTS) is 3. The maximum atomic E-state index is 11.9. The van der Waals surface area contributed by atoms with Gasteiger partial charge in [-0.05, 0) is 183 Å². The molecule has 548 valence electrons. The van der Waals surface area contributed by atoms with E-state index in [9.17, 15) is 44.1 Å². The number of aromatic nitrogens is 2. The van der Waals surface area contributed by atoms with Gasteiger partial charge in [-0.15, -0.1) is 0 Å². The number of Topliss-reactive ketones (excluding diaryl/α,β-unsaturated/α-hetero) is 3. The molecule has 10 aromatic carbocycles. The van der Waals surface area contributed by atoms with Crippen molar-refractivity contribution in [3.63, 3.8) is 0 Å². The fourth-order valence-corrected chi connectivity index (χ4v) is 15.2. The van der Waals surface area contributed by atoms with Crippen LogP contribution >= 0.6 is 0 Å². The Bertz CT molecular complexity index is 4730. The first-order valence-electron chi connectivity index (χ1n) is 37.9. The van der Waals surface area contributed by atoms with Crippen molar-refractivity contribution < 1.29 is 64.2 Å². The van der Waals surface area contributed by atoms with E-state index in [0.29, 0.717) is 19.3 Å². The van der Waals surface area contributed by atoms with Crippen molar-refractivity contribution in [2.45, 2.75) is 155 Å². The molecule has 0 fully saturated rings. The molecule has 3 aliphatic carbocycles. The Labute approximate surface area is 648 Å². The van der Waals surface area contributed by atoms with E-state index >= 15 is 0 Å². The van der Waals surface area contributed by atoms with Crippen LogP contribution in [0.4, 0.5) is 0 Å². The maximum absolute atomic E-state index is 11.9. The molecule has 15 rings (SSSR count). The van der Waals surface area contributed by atoms with Crippen LogP contribution in [-0.4, -0.2) is 45.2 Å². The van der Waals surface area contributed by atoms with Crippen molar-refractivity contribution in [1.29, 1.82) is 0 Å². The third kappa shape index (κ3) is 19.1. The standard InChI is InChI=1S/2C21H23N.3C18H16O3.Ir/c2*1-2-3-4-5-8-17-11-13-19(14-12-17)21-16-15-18-9-6-7-10-20(18)22-21;3*1-2-12(17(19)18(20)21)14-8-5-9-15-13-7-4-3-6-11(13)10-16(14)15;/h2*6-7,9-16H,2-5,8H2,1H3;3*3-9,12H,2,10H2,1H3,(H,20,21);/q;;;;;+3/p-3. The van der Waals surface area contributed by atoms with Gasteiger partial charge in [0.2, 0.25) is 0 Å². The third-order valence-electron chi connectivity index (χ3n) is 20.9. The zero-order valence-corrected chi connectivity index (χ0v) is 64.5. The normalized spacial score (nSPS) is 12.3. The number of ketones is 3. The van der Waals surface area contributed by atoms with E-state index in [1.807, 2.05) is 124 Å². The van der Waals surface area contributed by atoms with Crippen molar-refractivity contribution in [2.24, 2.45) is 0 Å². The van der Waals surface area contributed by atoms with E-state index < -0.39 is 53.0 Å². The summed E-state index contributed by atoms with van der Waals surface area (Å²) in [4.78, 5) is 78.0. The molecule has 0 saturated carbocycles. The number of aliphatic carboxylic acids is 3. The summed E-state index contributed by atoms with van der Waals surface area (Å²) in [5.41, 5.74) is 25.6. The number of carboxylic acids is 3. The molecule has 12 heteroatoms. The van der Waals surface area contributed by atoms with Crippen molar-refractivity contribution in [2.75, 3.05) is 0 Å². The first kappa shape index (κ1) is 79.6. The fourth-order valence-electron chi connectivity index (χ4n) is 15.2. The number of nitrogens with zero attached hydrogens (tertiary/aromatic N) is 2. The number of unbranched alkanes of at least 4 members (excludes halogenated alkanes) is 6. The van der Waals surface area contributed by atoms with Gasteiger partial charge in [-0.25, -0.2) is 9.97 Å². The van der Waals surface area contributed by atoms with Crippen LogP contribution in [0.2, 0.25) is 0 Å². The van der Waals surface area contributed by atoms with Gasteiger partial charge in [-0.2, -0.15) is 0 Å². The minimum absolute atomic E-state index is 0. The Kier molecular flexibility index (Phi) is 28.4. The Balaban J connectivity index is 0.000000144. The van der Waals surface area contributed by atoms with Crippen LogP contribution in [0.3, 0.4) is 0 Å². The van der Waals surface area contributed by atoms with Crippen molar-refractivity contribution in [1.82, 2.24) is 9.97 Å². The molecular formula is C96H91IrN2O9. The molecule has 0 aliphatic heterocycles. The largest absolute Gasteiger partial charge is 3.00 e. The monoisotopic (exact) mass is 1610 g/mol. The molecular weight excluding hydrogens is 1520 g/mol. The van der Waals surface area contributed by atoms with Gasteiger partial charge >= 0.3 is 20.1 Å². The Morgan fingerprint density at radius 1 is 0.315 bits per heavy atom. The first-order chi connectivity index (χ1) is 52.1. The Morgan fingerprint density at radius 3 is 0.917 bits per heavy atom. The number of benzene rings is 10. The molecule has 108 heavy (non-hydrogen) atoms. The average Bonchev–Trinajstić information content (AvgIpc) is 1.63. The predicted molar refractivity (Wildman–Crippen MR) is 423 cm³/mol. The molecule has 0 bridgehead atoms. The molecule has 3 unspecified atom stereocenters. The van der Waals surface area contributed by atoms with Crippen LogP contribution in [0.5, 0.6) is 0 Å². The van der Waals surface area contributed by atoms with Gasteiger partial charge in [0.1, 0.15) is 17.9 Å². The zero-order chi connectivity index (χ0) is 75.3. The predicted octanol–water partition coefficient (Wildman–Crippen LogP) is 18.3. The Hall–Kier alpha value is -10.9. The quantitative estimate of drug-likeness (QED) is 0.0412. The molecule has 0 radical (unpaired) electrons. The minimum atomic E-state index is -1.60. The van der Waals surface area contributed by atoms with Crippen molar-refractivity contribution in [3.8, 4) is 55.9 Å². The van der Waals surface area contributed by atoms with E-state index in [-0.39, 0.29) is 20.1 Å². The second kappa shape index (κ2) is 38.6. The molecule has 2 heterocycles. The van der Waals surface area contributed by atoms with Crippen LogP contribution in [0.1, 0.15) is 184 Å². The topological polar surface area (TPSA) is 197 Å². The Morgan fingerprint density at radius 2 is 0.611 bits per heavy atom. The summed E-state index contributed by atoms with van der Waals surface area (Å²) in [5, 5.41) is 35.2. The SMILES string of the molecule is CCC(C(=O)C(=O)[O-])c1cccc2c1Cc1ccccc1-2.CCC(C(=O)C(=O)[O-])c1cccc2c1Cc1ccccc1-2.CCC(C(=O)C(=O)[O-])c1cccc2c1Cc1ccccc1-2.CCCCCCc1ccc(-c2ccc3ccccc3n2)cc1.CCCCCCc1ccc(-c2ccc3ccccc3n2)cc1.[Ir+3]. The summed E-state index contributed by atoms with van der Waals surface area (Å²) in [6.45, 7) is 9.99. The summed E-state index contributed by atoms with van der Waals surface area (Å²) < 4.78 is 0. The first-order valence-corrected chi connectivity index (χ1v) is 37.9. The van der Waals surface area contributed by atoms with Crippen molar-refractivity contribution >= 4 is 57.1 Å². The molecule has 0 N–H and O–H groups in total. The second-order valence-corrected chi connectivity index (χ2v) is 27.8. The number of para-hydroxylation sites is 2. The zero-order valence-electron chi connectivity index (χ0n) is 62.1. The van der Waals surface area contributed by atoms with Crippen LogP contribution in [0, 0.1) is 0 Å². The van der Waals surface area contributed by atoms with E-state index in [0.717, 1.165) is 91.8 Å². The van der Waals surface area contributed by atoms with E-state index in [4.69, 9.17) is 9.97 Å². The van der Waals surface area contributed by atoms with Crippen LogP contribution < -0.4 is 15.3 Å². The number of hydrogen-bond acceptors (Lipinski definition) is 11. The number of aryl methyl sites for hydroxylation is 2. The van der Waals surface area contributed by atoms with Crippen LogP contribution in [-0.2, 0) is 81.0 Å². The number of carbonyl (C=O) groups excluding carboxylic acids is 6. The molecule has 0 amide bonds. The molecule has 3 atom stereocenters. The summed E-state index contributed by atoms with van der Waals surface area (Å²) >= 11 is 0.